The minimum Gasteiger partial charge on any atom is -0.390 e. The zero-order valence-corrected chi connectivity index (χ0v) is 10.2. The fourth-order valence-electron chi connectivity index (χ4n) is 3.51. The molecule has 2 heterocycles. The average molecular weight is 232 g/mol. The maximum Gasteiger partial charge on any atom is 0.0853 e. The predicted molar refractivity (Wildman–Crippen MR) is 67.9 cm³/mol. The van der Waals surface area contributed by atoms with E-state index in [0.717, 1.165) is 24.2 Å². The molecule has 0 radical (unpaired) electrons. The lowest BCUT2D eigenvalue weighted by Gasteiger charge is -2.39. The third-order valence-corrected chi connectivity index (χ3v) is 4.29. The molecule has 1 saturated carbocycles. The lowest BCUT2D eigenvalue weighted by molar-refractivity contribution is 0.276. The summed E-state index contributed by atoms with van der Waals surface area (Å²) >= 11 is 0. The van der Waals surface area contributed by atoms with E-state index in [2.05, 4.69) is 16.0 Å². The molecule has 2 aliphatic rings. The van der Waals surface area contributed by atoms with Crippen LogP contribution < -0.4 is 4.90 Å². The second-order valence-corrected chi connectivity index (χ2v) is 5.26. The molecule has 0 bridgehead atoms. The monoisotopic (exact) mass is 232 g/mol. The van der Waals surface area contributed by atoms with Crippen molar-refractivity contribution in [2.75, 3.05) is 11.4 Å². The smallest absolute Gasteiger partial charge is 0.0853 e. The molecule has 17 heavy (non-hydrogen) atoms. The number of anilines is 1. The SMILES string of the molecule is OCc1cc(N2CCCC3CCCC32)ccn1. The summed E-state index contributed by atoms with van der Waals surface area (Å²) in [5, 5.41) is 9.17. The molecule has 3 heteroatoms. The van der Waals surface area contributed by atoms with Crippen LogP contribution in [0.5, 0.6) is 0 Å². The van der Waals surface area contributed by atoms with Crippen LogP contribution in [-0.4, -0.2) is 22.7 Å². The highest BCUT2D eigenvalue weighted by Gasteiger charge is 2.34. The normalized spacial score (nSPS) is 28.2. The Balaban J connectivity index is 1.86. The first-order valence-corrected chi connectivity index (χ1v) is 6.71. The minimum absolute atomic E-state index is 0.0375. The molecule has 1 aromatic rings. The van der Waals surface area contributed by atoms with E-state index in [0.29, 0.717) is 0 Å². The largest absolute Gasteiger partial charge is 0.390 e. The average Bonchev–Trinajstić information content (AvgIpc) is 2.87. The number of aliphatic hydroxyl groups excluding tert-OH is 1. The molecular weight excluding hydrogens is 212 g/mol. The van der Waals surface area contributed by atoms with E-state index in [1.54, 1.807) is 0 Å². The third kappa shape index (κ3) is 2.04. The Kier molecular flexibility index (Phi) is 3.02. The number of piperidine rings is 1. The Hall–Kier alpha value is -1.09. The summed E-state index contributed by atoms with van der Waals surface area (Å²) in [5.74, 6) is 0.898. The molecule has 1 aromatic heterocycles. The van der Waals surface area contributed by atoms with Crippen molar-refractivity contribution in [1.82, 2.24) is 4.98 Å². The molecule has 0 amide bonds. The number of fused-ring (bicyclic) bond motifs is 1. The predicted octanol–water partition coefficient (Wildman–Crippen LogP) is 2.34. The Morgan fingerprint density at radius 2 is 2.18 bits per heavy atom. The van der Waals surface area contributed by atoms with E-state index in [9.17, 15) is 0 Å². The Morgan fingerprint density at radius 1 is 1.29 bits per heavy atom. The van der Waals surface area contributed by atoms with E-state index in [1.165, 1.54) is 37.8 Å². The molecule has 1 aliphatic heterocycles. The minimum atomic E-state index is 0.0375. The van der Waals surface area contributed by atoms with Crippen LogP contribution in [0.3, 0.4) is 0 Å². The highest BCUT2D eigenvalue weighted by Crippen LogP contribution is 2.38. The van der Waals surface area contributed by atoms with Gasteiger partial charge in [0.2, 0.25) is 0 Å². The van der Waals surface area contributed by atoms with Gasteiger partial charge in [0.15, 0.2) is 0 Å². The zero-order valence-electron chi connectivity index (χ0n) is 10.2. The van der Waals surface area contributed by atoms with Crippen molar-refractivity contribution in [3.05, 3.63) is 24.0 Å². The lowest BCUT2D eigenvalue weighted by atomic mass is 9.91. The quantitative estimate of drug-likeness (QED) is 0.850. The van der Waals surface area contributed by atoms with Gasteiger partial charge in [0.1, 0.15) is 0 Å². The van der Waals surface area contributed by atoms with Crippen LogP contribution in [-0.2, 0) is 6.61 Å². The summed E-state index contributed by atoms with van der Waals surface area (Å²) in [6.45, 7) is 1.20. The van der Waals surface area contributed by atoms with Gasteiger partial charge in [-0.15, -0.1) is 0 Å². The van der Waals surface area contributed by atoms with E-state index in [1.807, 2.05) is 12.3 Å². The first-order chi connectivity index (χ1) is 8.38. The van der Waals surface area contributed by atoms with Crippen molar-refractivity contribution in [1.29, 1.82) is 0 Å². The molecule has 2 unspecified atom stereocenters. The standard InChI is InChI=1S/C14H20N2O/c17-10-12-9-13(6-7-15-12)16-8-2-4-11-3-1-5-14(11)16/h6-7,9,11,14,17H,1-5,8,10H2. The van der Waals surface area contributed by atoms with Gasteiger partial charge < -0.3 is 10.0 Å². The van der Waals surface area contributed by atoms with Crippen LogP contribution >= 0.6 is 0 Å². The molecule has 3 nitrogen and oxygen atoms in total. The molecule has 1 N–H and O–H groups in total. The van der Waals surface area contributed by atoms with Gasteiger partial charge in [0, 0.05) is 24.5 Å². The summed E-state index contributed by atoms with van der Waals surface area (Å²) in [6.07, 6.45) is 8.64. The summed E-state index contributed by atoms with van der Waals surface area (Å²) < 4.78 is 0. The second kappa shape index (κ2) is 4.65. The molecular formula is C14H20N2O. The number of hydrogen-bond donors (Lipinski definition) is 1. The van der Waals surface area contributed by atoms with Gasteiger partial charge in [-0.05, 0) is 43.7 Å². The van der Waals surface area contributed by atoms with Crippen molar-refractivity contribution >= 4 is 5.69 Å². The molecule has 0 aromatic carbocycles. The van der Waals surface area contributed by atoms with Gasteiger partial charge in [-0.25, -0.2) is 0 Å². The fraction of sp³-hybridized carbons (Fsp3) is 0.643. The van der Waals surface area contributed by atoms with Gasteiger partial charge in [0.05, 0.1) is 12.3 Å². The number of hydrogen-bond acceptors (Lipinski definition) is 3. The molecule has 92 valence electrons. The molecule has 2 atom stereocenters. The van der Waals surface area contributed by atoms with Crippen molar-refractivity contribution in [3.63, 3.8) is 0 Å². The highest BCUT2D eigenvalue weighted by atomic mass is 16.3. The van der Waals surface area contributed by atoms with Gasteiger partial charge in [-0.1, -0.05) is 6.42 Å². The van der Waals surface area contributed by atoms with E-state index in [4.69, 9.17) is 5.11 Å². The first-order valence-electron chi connectivity index (χ1n) is 6.71. The highest BCUT2D eigenvalue weighted by molar-refractivity contribution is 5.48. The van der Waals surface area contributed by atoms with Crippen LogP contribution in [0.25, 0.3) is 0 Å². The van der Waals surface area contributed by atoms with Crippen molar-refractivity contribution in [2.45, 2.75) is 44.8 Å². The second-order valence-electron chi connectivity index (χ2n) is 5.26. The van der Waals surface area contributed by atoms with Crippen LogP contribution in [0.1, 0.15) is 37.8 Å². The zero-order chi connectivity index (χ0) is 11.7. The number of aliphatic hydroxyl groups is 1. The van der Waals surface area contributed by atoms with E-state index >= 15 is 0 Å². The molecule has 3 rings (SSSR count). The summed E-state index contributed by atoms with van der Waals surface area (Å²) in [7, 11) is 0. The Bertz CT molecular complexity index is 394. The number of nitrogens with zero attached hydrogens (tertiary/aromatic N) is 2. The number of rotatable bonds is 2. The molecule has 0 spiro atoms. The topological polar surface area (TPSA) is 36.4 Å². The third-order valence-electron chi connectivity index (χ3n) is 4.29. The Morgan fingerprint density at radius 3 is 3.06 bits per heavy atom. The van der Waals surface area contributed by atoms with Gasteiger partial charge in [0.25, 0.3) is 0 Å². The van der Waals surface area contributed by atoms with Gasteiger partial charge in [-0.3, -0.25) is 4.98 Å². The summed E-state index contributed by atoms with van der Waals surface area (Å²) in [4.78, 5) is 6.71. The molecule has 1 aliphatic carbocycles. The van der Waals surface area contributed by atoms with Crippen molar-refractivity contribution in [2.24, 2.45) is 5.92 Å². The molecule has 1 saturated heterocycles. The van der Waals surface area contributed by atoms with E-state index < -0.39 is 0 Å². The molecule has 2 fully saturated rings. The van der Waals surface area contributed by atoms with Crippen molar-refractivity contribution in [3.8, 4) is 0 Å². The van der Waals surface area contributed by atoms with Crippen LogP contribution in [0.15, 0.2) is 18.3 Å². The first kappa shape index (κ1) is 11.0. The summed E-state index contributed by atoms with van der Waals surface area (Å²) in [6, 6.07) is 4.86. The van der Waals surface area contributed by atoms with Crippen LogP contribution in [0, 0.1) is 5.92 Å². The maximum atomic E-state index is 9.17. The summed E-state index contributed by atoms with van der Waals surface area (Å²) in [5.41, 5.74) is 2.03. The maximum absolute atomic E-state index is 9.17. The van der Waals surface area contributed by atoms with Crippen LogP contribution in [0.4, 0.5) is 5.69 Å². The van der Waals surface area contributed by atoms with Gasteiger partial charge in [-0.2, -0.15) is 0 Å². The fourth-order valence-corrected chi connectivity index (χ4v) is 3.51. The van der Waals surface area contributed by atoms with E-state index in [-0.39, 0.29) is 6.61 Å². The number of aromatic nitrogens is 1. The number of pyridine rings is 1. The Labute approximate surface area is 102 Å². The van der Waals surface area contributed by atoms with Crippen molar-refractivity contribution < 1.29 is 5.11 Å². The lowest BCUT2D eigenvalue weighted by Crippen LogP contribution is -2.42. The van der Waals surface area contributed by atoms with Gasteiger partial charge >= 0.3 is 0 Å². The van der Waals surface area contributed by atoms with Crippen LogP contribution in [0.2, 0.25) is 0 Å².